The number of fused-ring (bicyclic) bond motifs is 1. The van der Waals surface area contributed by atoms with E-state index in [0.29, 0.717) is 17.0 Å². The molecular weight excluding hydrogens is 471 g/mol. The van der Waals surface area contributed by atoms with Crippen molar-refractivity contribution in [2.45, 2.75) is 37.1 Å². The van der Waals surface area contributed by atoms with Gasteiger partial charge in [-0.1, -0.05) is 0 Å². The maximum Gasteiger partial charge on any atom is 0.407 e. The van der Waals surface area contributed by atoms with E-state index in [9.17, 15) is 24.2 Å². The average Bonchev–Trinajstić information content (AvgIpc) is 3.59. The molecular formula is C24H25FN6O5. The fourth-order valence-corrected chi connectivity index (χ4v) is 4.20. The first-order chi connectivity index (χ1) is 17.2. The Morgan fingerprint density at radius 2 is 1.94 bits per heavy atom. The molecule has 12 heteroatoms. The summed E-state index contributed by atoms with van der Waals surface area (Å²) in [5.74, 6) is 0.123. The van der Waals surface area contributed by atoms with Crippen LogP contribution in [0.15, 0.2) is 36.7 Å². The van der Waals surface area contributed by atoms with Crippen molar-refractivity contribution >= 4 is 28.9 Å². The van der Waals surface area contributed by atoms with Crippen molar-refractivity contribution in [2.24, 2.45) is 5.73 Å². The van der Waals surface area contributed by atoms with E-state index < -0.39 is 29.8 Å². The summed E-state index contributed by atoms with van der Waals surface area (Å²) in [6, 6.07) is 7.99. The molecule has 2 atom stereocenters. The third-order valence-corrected chi connectivity index (χ3v) is 6.35. The first kappa shape index (κ1) is 23.7. The molecule has 188 valence electrons. The summed E-state index contributed by atoms with van der Waals surface area (Å²) < 4.78 is 19.8. The van der Waals surface area contributed by atoms with Gasteiger partial charge in [-0.15, -0.1) is 0 Å². The summed E-state index contributed by atoms with van der Waals surface area (Å²) >= 11 is 0. The van der Waals surface area contributed by atoms with Crippen LogP contribution in [0.25, 0.3) is 22.3 Å². The fourth-order valence-electron chi connectivity index (χ4n) is 4.20. The number of hydrogen-bond donors (Lipinski definition) is 4. The van der Waals surface area contributed by atoms with Crippen LogP contribution in [0.5, 0.6) is 5.75 Å². The van der Waals surface area contributed by atoms with E-state index in [4.69, 9.17) is 10.5 Å². The number of anilines is 1. The monoisotopic (exact) mass is 496 g/mol. The van der Waals surface area contributed by atoms with Gasteiger partial charge in [0.25, 0.3) is 5.91 Å². The number of aliphatic hydroxyl groups is 1. The topological polar surface area (TPSA) is 164 Å². The van der Waals surface area contributed by atoms with E-state index in [1.807, 2.05) is 0 Å². The number of amides is 2. The van der Waals surface area contributed by atoms with Crippen LogP contribution in [0.4, 0.5) is 15.0 Å². The molecule has 1 saturated heterocycles. The molecule has 0 unspecified atom stereocenters. The zero-order valence-corrected chi connectivity index (χ0v) is 19.2. The van der Waals surface area contributed by atoms with Crippen molar-refractivity contribution < 1.29 is 28.9 Å². The molecule has 1 aliphatic carbocycles. The first-order valence-electron chi connectivity index (χ1n) is 11.5. The highest BCUT2D eigenvalue weighted by molar-refractivity contribution is 6.06. The second kappa shape index (κ2) is 9.19. The zero-order valence-electron chi connectivity index (χ0n) is 19.2. The van der Waals surface area contributed by atoms with E-state index in [-0.39, 0.29) is 48.5 Å². The predicted molar refractivity (Wildman–Crippen MR) is 127 cm³/mol. The minimum Gasteiger partial charge on any atom is -0.491 e. The summed E-state index contributed by atoms with van der Waals surface area (Å²) in [7, 11) is 0. The van der Waals surface area contributed by atoms with Gasteiger partial charge >= 0.3 is 6.09 Å². The van der Waals surface area contributed by atoms with E-state index in [0.717, 1.165) is 17.7 Å². The summed E-state index contributed by atoms with van der Waals surface area (Å²) in [5, 5.41) is 22.3. The Labute approximate surface area is 205 Å². The van der Waals surface area contributed by atoms with E-state index in [2.05, 4.69) is 20.3 Å². The molecule has 1 aromatic carbocycles. The zero-order chi connectivity index (χ0) is 25.4. The Morgan fingerprint density at radius 3 is 2.61 bits per heavy atom. The van der Waals surface area contributed by atoms with Gasteiger partial charge in [0.1, 0.15) is 35.9 Å². The summed E-state index contributed by atoms with van der Waals surface area (Å²) in [6.45, 7) is 0.102. The number of benzene rings is 1. The number of nitrogens with zero attached hydrogens (tertiary/aromatic N) is 4. The van der Waals surface area contributed by atoms with Gasteiger partial charge in [0.05, 0.1) is 23.4 Å². The third kappa shape index (κ3) is 4.98. The quantitative estimate of drug-likeness (QED) is 0.384. The highest BCUT2D eigenvalue weighted by Gasteiger charge is 2.41. The molecule has 2 amide bonds. The normalized spacial score (nSPS) is 20.7. The van der Waals surface area contributed by atoms with Gasteiger partial charge in [0.2, 0.25) is 0 Å². The fraction of sp³-hybridized carbons (Fsp3) is 0.375. The maximum absolute atomic E-state index is 14.2. The number of hydrogen-bond acceptors (Lipinski definition) is 8. The largest absolute Gasteiger partial charge is 0.491 e. The molecule has 0 radical (unpaired) electrons. The number of nitrogens with one attached hydrogen (secondary N) is 1. The van der Waals surface area contributed by atoms with Gasteiger partial charge in [-0.05, 0) is 43.2 Å². The predicted octanol–water partition coefficient (Wildman–Crippen LogP) is 2.20. The molecule has 5 N–H and O–H groups in total. The van der Waals surface area contributed by atoms with Crippen LogP contribution in [-0.2, 0) is 0 Å². The molecule has 1 aliphatic heterocycles. The van der Waals surface area contributed by atoms with Gasteiger partial charge in [-0.25, -0.2) is 24.1 Å². The molecule has 2 aromatic heterocycles. The number of carboxylic acid groups (broad SMARTS) is 1. The van der Waals surface area contributed by atoms with E-state index >= 15 is 0 Å². The number of carbonyl (C=O) groups excluding carboxylic acids is 1. The Balaban J connectivity index is 1.46. The van der Waals surface area contributed by atoms with Crippen molar-refractivity contribution in [1.82, 2.24) is 19.9 Å². The lowest BCUT2D eigenvalue weighted by Crippen LogP contribution is -2.49. The van der Waals surface area contributed by atoms with Crippen LogP contribution in [0.1, 0.15) is 29.6 Å². The summed E-state index contributed by atoms with van der Waals surface area (Å²) in [5.41, 5.74) is 6.61. The van der Waals surface area contributed by atoms with Gasteiger partial charge in [-0.2, -0.15) is 0 Å². The molecule has 5 rings (SSSR count). The SMILES string of the molecule is NC(=O)c1cc(-c2ccc(OCC3(O)CC3)cc2)nc2c(N[C@H]3C[C@H](F)CN(C(=O)O)C3)ncnc12. The second-order valence-electron chi connectivity index (χ2n) is 9.24. The number of rotatable bonds is 7. The van der Waals surface area contributed by atoms with Crippen LogP contribution < -0.4 is 15.8 Å². The van der Waals surface area contributed by atoms with Crippen molar-refractivity contribution in [1.29, 1.82) is 0 Å². The Morgan fingerprint density at radius 1 is 1.19 bits per heavy atom. The Kier molecular flexibility index (Phi) is 6.04. The van der Waals surface area contributed by atoms with Crippen LogP contribution in [0, 0.1) is 0 Å². The van der Waals surface area contributed by atoms with Crippen LogP contribution in [0.3, 0.4) is 0 Å². The Bertz CT molecular complexity index is 1320. The number of carbonyl (C=O) groups is 2. The molecule has 11 nitrogen and oxygen atoms in total. The summed E-state index contributed by atoms with van der Waals surface area (Å²) in [4.78, 5) is 37.7. The van der Waals surface area contributed by atoms with E-state index in [1.165, 1.54) is 12.4 Å². The number of ether oxygens (including phenoxy) is 1. The second-order valence-corrected chi connectivity index (χ2v) is 9.24. The van der Waals surface area contributed by atoms with Crippen molar-refractivity contribution in [3.05, 3.63) is 42.2 Å². The minimum absolute atomic E-state index is 0.0696. The van der Waals surface area contributed by atoms with Crippen LogP contribution in [-0.4, -0.2) is 79.6 Å². The van der Waals surface area contributed by atoms with Crippen LogP contribution in [0.2, 0.25) is 0 Å². The average molecular weight is 496 g/mol. The molecule has 3 heterocycles. The van der Waals surface area contributed by atoms with Gasteiger partial charge in [0.15, 0.2) is 5.82 Å². The van der Waals surface area contributed by atoms with Crippen molar-refractivity contribution in [3.8, 4) is 17.0 Å². The molecule has 3 aromatic rings. The lowest BCUT2D eigenvalue weighted by molar-refractivity contribution is 0.0856. The van der Waals surface area contributed by atoms with Gasteiger partial charge in [-0.3, -0.25) is 4.79 Å². The summed E-state index contributed by atoms with van der Waals surface area (Å²) in [6.07, 6.45) is 0.249. The smallest absolute Gasteiger partial charge is 0.407 e. The van der Waals surface area contributed by atoms with E-state index in [1.54, 1.807) is 24.3 Å². The standard InChI is InChI=1S/C24H25FN6O5/c25-14-7-15(10-31(9-14)23(33)34)29-22-20-19(27-12-28-22)17(21(26)32)8-18(30-20)13-1-3-16(4-2-13)36-11-24(35)5-6-24/h1-4,8,12,14-15,35H,5-7,9-11H2,(H2,26,32)(H,33,34)(H,27,28,29)/t14-,15-/m0/s1. The maximum atomic E-state index is 14.2. The number of alkyl halides is 1. The van der Waals surface area contributed by atoms with Crippen molar-refractivity contribution in [3.63, 3.8) is 0 Å². The number of nitrogens with two attached hydrogens (primary N) is 1. The van der Waals surface area contributed by atoms with Gasteiger partial charge in [0, 0.05) is 24.6 Å². The third-order valence-electron chi connectivity index (χ3n) is 6.35. The molecule has 2 aliphatic rings. The number of primary amides is 1. The number of piperidine rings is 1. The molecule has 0 bridgehead atoms. The highest BCUT2D eigenvalue weighted by atomic mass is 19.1. The molecule has 1 saturated carbocycles. The molecule has 36 heavy (non-hydrogen) atoms. The first-order valence-corrected chi connectivity index (χ1v) is 11.5. The molecule has 0 spiro atoms. The minimum atomic E-state index is -1.33. The number of halogens is 1. The number of pyridine rings is 1. The highest BCUT2D eigenvalue weighted by Crippen LogP contribution is 2.35. The lowest BCUT2D eigenvalue weighted by Gasteiger charge is -2.33. The number of likely N-dealkylation sites (tertiary alicyclic amines) is 1. The van der Waals surface area contributed by atoms with Gasteiger partial charge < -0.3 is 30.9 Å². The van der Waals surface area contributed by atoms with Crippen LogP contribution >= 0.6 is 0 Å². The number of aromatic nitrogens is 3. The molecule has 2 fully saturated rings. The lowest BCUT2D eigenvalue weighted by atomic mass is 10.0. The van der Waals surface area contributed by atoms with Crippen molar-refractivity contribution in [2.75, 3.05) is 25.0 Å². The Hall–Kier alpha value is -4.06.